The van der Waals surface area contributed by atoms with Crippen molar-refractivity contribution in [3.8, 4) is 11.3 Å². The molecule has 0 aliphatic rings. The number of carbonyl (C=O) groups excluding carboxylic acids is 1. The van der Waals surface area contributed by atoms with Crippen molar-refractivity contribution >= 4 is 22.9 Å². The molecule has 0 aromatic carbocycles. The number of rotatable bonds is 8. The molecule has 0 radical (unpaired) electrons. The summed E-state index contributed by atoms with van der Waals surface area (Å²) in [5, 5.41) is 11.1. The van der Waals surface area contributed by atoms with Gasteiger partial charge in [-0.15, -0.1) is 0 Å². The van der Waals surface area contributed by atoms with Gasteiger partial charge in [-0.05, 0) is 36.4 Å². The van der Waals surface area contributed by atoms with E-state index in [0.717, 1.165) is 11.3 Å². The van der Waals surface area contributed by atoms with E-state index < -0.39 is 0 Å². The van der Waals surface area contributed by atoms with E-state index in [1.807, 2.05) is 24.3 Å². The fourth-order valence-electron chi connectivity index (χ4n) is 3.40. The Hall–Kier alpha value is -4.60. The van der Waals surface area contributed by atoms with Crippen LogP contribution in [0.25, 0.3) is 22.3 Å². The van der Waals surface area contributed by atoms with Gasteiger partial charge in [0, 0.05) is 43.4 Å². The zero-order valence-corrected chi connectivity index (χ0v) is 17.5. The minimum absolute atomic E-state index is 0.221. The third kappa shape index (κ3) is 4.54. The molecule has 0 aliphatic carbocycles. The number of fused-ring (bicyclic) bond motifs is 1. The van der Waals surface area contributed by atoms with Crippen molar-refractivity contribution in [3.63, 3.8) is 0 Å². The SMILES string of the molecule is O=C(NCCNc1ncccn1)c1cc(-c2cccnc2)nc2c1cnn2Cc1ccco1. The van der Waals surface area contributed by atoms with E-state index in [1.54, 1.807) is 54.1 Å². The number of pyridine rings is 2. The summed E-state index contributed by atoms with van der Waals surface area (Å²) in [6.45, 7) is 1.28. The van der Waals surface area contributed by atoms with Crippen molar-refractivity contribution in [1.82, 2.24) is 35.0 Å². The maximum absolute atomic E-state index is 13.1. The Kier molecular flexibility index (Phi) is 5.70. The van der Waals surface area contributed by atoms with Crippen LogP contribution < -0.4 is 10.6 Å². The normalized spacial score (nSPS) is 10.9. The van der Waals surface area contributed by atoms with Gasteiger partial charge in [0.05, 0.1) is 29.1 Å². The van der Waals surface area contributed by atoms with Crippen LogP contribution in [0.4, 0.5) is 5.95 Å². The van der Waals surface area contributed by atoms with Crippen LogP contribution in [-0.4, -0.2) is 48.7 Å². The van der Waals surface area contributed by atoms with E-state index >= 15 is 0 Å². The Bertz CT molecular complexity index is 1350. The molecule has 5 aromatic heterocycles. The molecule has 0 saturated heterocycles. The van der Waals surface area contributed by atoms with Crippen LogP contribution in [0, 0.1) is 0 Å². The first kappa shape index (κ1) is 20.3. The highest BCUT2D eigenvalue weighted by molar-refractivity contribution is 6.06. The number of carbonyl (C=O) groups is 1. The quantitative estimate of drug-likeness (QED) is 0.353. The summed E-state index contributed by atoms with van der Waals surface area (Å²) in [5.41, 5.74) is 2.52. The second-order valence-corrected chi connectivity index (χ2v) is 7.17. The summed E-state index contributed by atoms with van der Waals surface area (Å²) in [7, 11) is 0. The van der Waals surface area contributed by atoms with E-state index in [9.17, 15) is 4.79 Å². The van der Waals surface area contributed by atoms with Gasteiger partial charge < -0.3 is 15.1 Å². The van der Waals surface area contributed by atoms with Crippen molar-refractivity contribution in [1.29, 1.82) is 0 Å². The number of nitrogens with one attached hydrogen (secondary N) is 2. The topological polar surface area (TPSA) is 124 Å². The van der Waals surface area contributed by atoms with Crippen LogP contribution in [0.1, 0.15) is 16.1 Å². The van der Waals surface area contributed by atoms with Crippen LogP contribution in [0.5, 0.6) is 0 Å². The predicted octanol–water partition coefficient (Wildman–Crippen LogP) is 2.77. The molecular formula is C23H20N8O2. The average molecular weight is 440 g/mol. The average Bonchev–Trinajstić information content (AvgIpc) is 3.53. The molecule has 0 fully saturated rings. The molecule has 10 nitrogen and oxygen atoms in total. The fraction of sp³-hybridized carbons (Fsp3) is 0.130. The Morgan fingerprint density at radius 1 is 1.03 bits per heavy atom. The van der Waals surface area contributed by atoms with Crippen LogP contribution in [0.2, 0.25) is 0 Å². The zero-order chi connectivity index (χ0) is 22.5. The maximum Gasteiger partial charge on any atom is 0.252 e. The molecule has 0 saturated carbocycles. The lowest BCUT2D eigenvalue weighted by atomic mass is 10.1. The Labute approximate surface area is 188 Å². The largest absolute Gasteiger partial charge is 0.467 e. The summed E-state index contributed by atoms with van der Waals surface area (Å²) in [4.78, 5) is 30.3. The molecular weight excluding hydrogens is 420 g/mol. The van der Waals surface area contributed by atoms with Crippen LogP contribution in [0.15, 0.2) is 78.1 Å². The Morgan fingerprint density at radius 2 is 1.94 bits per heavy atom. The lowest BCUT2D eigenvalue weighted by Crippen LogP contribution is -2.29. The highest BCUT2D eigenvalue weighted by Gasteiger charge is 2.18. The third-order valence-electron chi connectivity index (χ3n) is 4.96. The van der Waals surface area contributed by atoms with Gasteiger partial charge in [0.25, 0.3) is 5.91 Å². The van der Waals surface area contributed by atoms with Gasteiger partial charge in [0.15, 0.2) is 5.65 Å². The predicted molar refractivity (Wildman–Crippen MR) is 121 cm³/mol. The van der Waals surface area contributed by atoms with Crippen molar-refractivity contribution in [2.75, 3.05) is 18.4 Å². The van der Waals surface area contributed by atoms with Gasteiger partial charge >= 0.3 is 0 Å². The summed E-state index contributed by atoms with van der Waals surface area (Å²) in [6.07, 6.45) is 9.99. The zero-order valence-electron chi connectivity index (χ0n) is 17.5. The molecule has 5 rings (SSSR count). The monoisotopic (exact) mass is 440 g/mol. The highest BCUT2D eigenvalue weighted by atomic mass is 16.3. The van der Waals surface area contributed by atoms with Gasteiger partial charge in [-0.25, -0.2) is 19.6 Å². The van der Waals surface area contributed by atoms with Gasteiger partial charge in [-0.3, -0.25) is 9.78 Å². The Morgan fingerprint density at radius 3 is 2.73 bits per heavy atom. The van der Waals surface area contributed by atoms with Crippen molar-refractivity contribution in [2.24, 2.45) is 0 Å². The maximum atomic E-state index is 13.1. The summed E-state index contributed by atoms with van der Waals surface area (Å²) >= 11 is 0. The number of aromatic nitrogens is 6. The first-order chi connectivity index (χ1) is 16.3. The number of nitrogens with zero attached hydrogens (tertiary/aromatic N) is 6. The molecule has 1 amide bonds. The molecule has 2 N–H and O–H groups in total. The molecule has 5 heterocycles. The van der Waals surface area contributed by atoms with Crippen LogP contribution in [-0.2, 0) is 6.54 Å². The molecule has 0 unspecified atom stereocenters. The van der Waals surface area contributed by atoms with E-state index in [0.29, 0.717) is 47.9 Å². The van der Waals surface area contributed by atoms with Crippen LogP contribution in [0.3, 0.4) is 0 Å². The molecule has 0 atom stereocenters. The first-order valence-electron chi connectivity index (χ1n) is 10.4. The number of furan rings is 1. The second-order valence-electron chi connectivity index (χ2n) is 7.17. The number of hydrogen-bond acceptors (Lipinski definition) is 8. The lowest BCUT2D eigenvalue weighted by Gasteiger charge is -2.10. The molecule has 0 spiro atoms. The standard InChI is InChI=1S/C23H20N8O2/c32-22(25-9-10-28-23-26-7-3-8-27-23)18-12-20(16-4-1-6-24-13-16)30-21-19(18)14-29-31(21)15-17-5-2-11-33-17/h1-8,11-14H,9-10,15H2,(H,25,32)(H,26,27,28). The molecule has 0 aliphatic heterocycles. The smallest absolute Gasteiger partial charge is 0.252 e. The van der Waals surface area contributed by atoms with E-state index in [2.05, 4.69) is 30.7 Å². The van der Waals surface area contributed by atoms with E-state index in [1.165, 1.54) is 0 Å². The summed E-state index contributed by atoms with van der Waals surface area (Å²) in [5.74, 6) is 1.03. The Balaban J connectivity index is 1.42. The summed E-state index contributed by atoms with van der Waals surface area (Å²) in [6, 6.07) is 10.9. The number of amides is 1. The minimum Gasteiger partial charge on any atom is -0.467 e. The molecule has 0 bridgehead atoms. The molecule has 5 aromatic rings. The highest BCUT2D eigenvalue weighted by Crippen LogP contribution is 2.25. The third-order valence-corrected chi connectivity index (χ3v) is 4.96. The molecule has 10 heteroatoms. The fourth-order valence-corrected chi connectivity index (χ4v) is 3.40. The summed E-state index contributed by atoms with van der Waals surface area (Å²) < 4.78 is 7.18. The van der Waals surface area contributed by atoms with E-state index in [4.69, 9.17) is 9.40 Å². The lowest BCUT2D eigenvalue weighted by molar-refractivity contribution is 0.0956. The molecule has 164 valence electrons. The number of hydrogen-bond donors (Lipinski definition) is 2. The minimum atomic E-state index is -0.221. The van der Waals surface area contributed by atoms with E-state index in [-0.39, 0.29) is 5.91 Å². The van der Waals surface area contributed by atoms with Crippen molar-refractivity contribution < 1.29 is 9.21 Å². The number of anilines is 1. The van der Waals surface area contributed by atoms with Crippen LogP contribution >= 0.6 is 0 Å². The van der Waals surface area contributed by atoms with Crippen molar-refractivity contribution in [2.45, 2.75) is 6.54 Å². The van der Waals surface area contributed by atoms with Gasteiger partial charge in [-0.2, -0.15) is 5.10 Å². The van der Waals surface area contributed by atoms with Gasteiger partial charge in [0.1, 0.15) is 12.3 Å². The second kappa shape index (κ2) is 9.27. The van der Waals surface area contributed by atoms with Gasteiger partial charge in [0.2, 0.25) is 5.95 Å². The van der Waals surface area contributed by atoms with Crippen molar-refractivity contribution in [3.05, 3.63) is 85.0 Å². The van der Waals surface area contributed by atoms with Gasteiger partial charge in [-0.1, -0.05) is 0 Å². The first-order valence-corrected chi connectivity index (χ1v) is 10.4. The molecule has 33 heavy (non-hydrogen) atoms.